The van der Waals surface area contributed by atoms with Gasteiger partial charge in [-0.05, 0) is 23.8 Å². The second kappa shape index (κ2) is 8.58. The molecule has 0 bridgehead atoms. The molecule has 0 aliphatic rings. The lowest BCUT2D eigenvalue weighted by Crippen LogP contribution is -1.92. The largest absolute Gasteiger partial charge is 0.493 e. The molecule has 3 rings (SSSR count). The quantitative estimate of drug-likeness (QED) is 0.563. The molecule has 0 fully saturated rings. The Kier molecular flexibility index (Phi) is 5.95. The van der Waals surface area contributed by atoms with Gasteiger partial charge in [0.05, 0.1) is 14.2 Å². The molecule has 0 aliphatic heterocycles. The Hall–Kier alpha value is -2.47. The summed E-state index contributed by atoms with van der Waals surface area (Å²) in [5, 5.41) is 4.06. The van der Waals surface area contributed by atoms with Crippen molar-refractivity contribution in [3.8, 4) is 22.9 Å². The van der Waals surface area contributed by atoms with Gasteiger partial charge in [0.15, 0.2) is 11.5 Å². The number of rotatable bonds is 8. The van der Waals surface area contributed by atoms with E-state index in [9.17, 15) is 0 Å². The molecule has 0 unspecified atom stereocenters. The number of benzene rings is 2. The predicted molar refractivity (Wildman–Crippen MR) is 99.1 cm³/mol. The molecule has 0 N–H and O–H groups in total. The van der Waals surface area contributed by atoms with Crippen LogP contribution in [0.4, 0.5) is 0 Å². The number of hydrogen-bond acceptors (Lipinski definition) is 6. The van der Waals surface area contributed by atoms with Gasteiger partial charge in [-0.2, -0.15) is 16.7 Å². The van der Waals surface area contributed by atoms with Gasteiger partial charge in [0.25, 0.3) is 0 Å². The average Bonchev–Trinajstić information content (AvgIpc) is 3.14. The Balaban J connectivity index is 1.57. The first-order chi connectivity index (χ1) is 12.3. The second-order valence-corrected chi connectivity index (χ2v) is 6.47. The zero-order chi connectivity index (χ0) is 17.5. The Bertz CT molecular complexity index is 805. The lowest BCUT2D eigenvalue weighted by Gasteiger charge is -2.07. The van der Waals surface area contributed by atoms with Crippen LogP contribution in [0, 0.1) is 0 Å². The van der Waals surface area contributed by atoms with Crippen molar-refractivity contribution in [3.05, 3.63) is 60.0 Å². The molecule has 5 nitrogen and oxygen atoms in total. The number of thioether (sulfide) groups is 1. The highest BCUT2D eigenvalue weighted by molar-refractivity contribution is 7.98. The Labute approximate surface area is 151 Å². The first-order valence-electron chi connectivity index (χ1n) is 7.97. The number of ether oxygens (including phenoxy) is 2. The van der Waals surface area contributed by atoms with E-state index in [1.165, 1.54) is 5.56 Å². The molecule has 3 aromatic rings. The maximum absolute atomic E-state index is 5.35. The number of aromatic nitrogens is 2. The van der Waals surface area contributed by atoms with Gasteiger partial charge in [-0.25, -0.2) is 0 Å². The molecule has 0 atom stereocenters. The third-order valence-corrected chi connectivity index (χ3v) is 4.71. The molecule has 0 amide bonds. The maximum Gasteiger partial charge on any atom is 0.227 e. The standard InChI is InChI=1S/C19H20N2O3S/c1-22-16-9-8-15(12-17(16)23-2)19-20-18(24-21-19)10-11-25-13-14-6-4-3-5-7-14/h3-9,12H,10-11,13H2,1-2H3. The van der Waals surface area contributed by atoms with E-state index in [0.29, 0.717) is 23.2 Å². The van der Waals surface area contributed by atoms with Gasteiger partial charge in [-0.3, -0.25) is 0 Å². The summed E-state index contributed by atoms with van der Waals surface area (Å²) in [5.74, 6) is 4.44. The molecule has 1 aromatic heterocycles. The molecular weight excluding hydrogens is 336 g/mol. The number of methoxy groups -OCH3 is 2. The minimum atomic E-state index is 0.559. The monoisotopic (exact) mass is 356 g/mol. The molecule has 0 aliphatic carbocycles. The van der Waals surface area contributed by atoms with E-state index in [1.54, 1.807) is 14.2 Å². The van der Waals surface area contributed by atoms with E-state index in [0.717, 1.165) is 23.5 Å². The average molecular weight is 356 g/mol. The van der Waals surface area contributed by atoms with Crippen LogP contribution in [0.25, 0.3) is 11.4 Å². The van der Waals surface area contributed by atoms with E-state index < -0.39 is 0 Å². The van der Waals surface area contributed by atoms with Crippen LogP contribution in [0.1, 0.15) is 11.5 Å². The fraction of sp³-hybridized carbons (Fsp3) is 0.263. The van der Waals surface area contributed by atoms with Crippen molar-refractivity contribution in [1.29, 1.82) is 0 Å². The molecule has 130 valence electrons. The minimum Gasteiger partial charge on any atom is -0.493 e. The molecule has 25 heavy (non-hydrogen) atoms. The molecule has 1 heterocycles. The zero-order valence-electron chi connectivity index (χ0n) is 14.3. The van der Waals surface area contributed by atoms with Gasteiger partial charge in [-0.1, -0.05) is 35.5 Å². The first kappa shape index (κ1) is 17.4. The summed E-state index contributed by atoms with van der Waals surface area (Å²) in [5.41, 5.74) is 2.16. The SMILES string of the molecule is COc1ccc(-c2noc(CCSCc3ccccc3)n2)cc1OC. The van der Waals surface area contributed by atoms with Crippen LogP contribution in [0.3, 0.4) is 0 Å². The van der Waals surface area contributed by atoms with Gasteiger partial charge in [0, 0.05) is 23.5 Å². The molecule has 0 spiro atoms. The van der Waals surface area contributed by atoms with Crippen molar-refractivity contribution in [2.45, 2.75) is 12.2 Å². The summed E-state index contributed by atoms with van der Waals surface area (Å²) in [6.07, 6.45) is 0.748. The van der Waals surface area contributed by atoms with Crippen LogP contribution in [0.2, 0.25) is 0 Å². The molecule has 6 heteroatoms. The van der Waals surface area contributed by atoms with Gasteiger partial charge in [0.2, 0.25) is 11.7 Å². The Morgan fingerprint density at radius 1 is 1.00 bits per heavy atom. The fourth-order valence-corrected chi connectivity index (χ4v) is 3.26. The van der Waals surface area contributed by atoms with Crippen molar-refractivity contribution in [1.82, 2.24) is 10.1 Å². The summed E-state index contributed by atoms with van der Waals surface area (Å²) in [6, 6.07) is 16.0. The lowest BCUT2D eigenvalue weighted by molar-refractivity contribution is 0.355. The first-order valence-corrected chi connectivity index (χ1v) is 9.12. The molecule has 2 aromatic carbocycles. The van der Waals surface area contributed by atoms with Crippen molar-refractivity contribution < 1.29 is 14.0 Å². The highest BCUT2D eigenvalue weighted by Gasteiger charge is 2.12. The van der Waals surface area contributed by atoms with E-state index in [1.807, 2.05) is 36.0 Å². The number of nitrogens with zero attached hydrogens (tertiary/aromatic N) is 2. The van der Waals surface area contributed by atoms with Crippen LogP contribution in [0.15, 0.2) is 53.1 Å². The van der Waals surface area contributed by atoms with E-state index in [-0.39, 0.29) is 0 Å². The van der Waals surface area contributed by atoms with Gasteiger partial charge in [-0.15, -0.1) is 0 Å². The topological polar surface area (TPSA) is 57.4 Å². The minimum absolute atomic E-state index is 0.559. The third-order valence-electron chi connectivity index (χ3n) is 3.68. The predicted octanol–water partition coefficient (Wildman–Crippen LogP) is 4.23. The highest BCUT2D eigenvalue weighted by atomic mass is 32.2. The lowest BCUT2D eigenvalue weighted by atomic mass is 10.2. The number of hydrogen-bond donors (Lipinski definition) is 0. The molecule has 0 saturated carbocycles. The number of aryl methyl sites for hydroxylation is 1. The molecular formula is C19H20N2O3S. The van der Waals surface area contributed by atoms with Crippen LogP contribution in [-0.4, -0.2) is 30.1 Å². The molecule has 0 saturated heterocycles. The Morgan fingerprint density at radius 3 is 2.56 bits per heavy atom. The van der Waals surface area contributed by atoms with Gasteiger partial charge in [0.1, 0.15) is 0 Å². The van der Waals surface area contributed by atoms with E-state index in [4.69, 9.17) is 14.0 Å². The highest BCUT2D eigenvalue weighted by Crippen LogP contribution is 2.31. The van der Waals surface area contributed by atoms with Crippen molar-refractivity contribution >= 4 is 11.8 Å². The summed E-state index contributed by atoms with van der Waals surface area (Å²) in [4.78, 5) is 4.47. The summed E-state index contributed by atoms with van der Waals surface area (Å²) < 4.78 is 15.9. The fourth-order valence-electron chi connectivity index (χ4n) is 2.37. The van der Waals surface area contributed by atoms with Crippen LogP contribution >= 0.6 is 11.8 Å². The summed E-state index contributed by atoms with van der Waals surface area (Å²) in [6.45, 7) is 0. The smallest absolute Gasteiger partial charge is 0.227 e. The van der Waals surface area contributed by atoms with Crippen molar-refractivity contribution in [2.75, 3.05) is 20.0 Å². The van der Waals surface area contributed by atoms with Crippen LogP contribution in [0.5, 0.6) is 11.5 Å². The Morgan fingerprint density at radius 2 is 1.80 bits per heavy atom. The normalized spacial score (nSPS) is 10.6. The maximum atomic E-state index is 5.35. The van der Waals surface area contributed by atoms with Crippen molar-refractivity contribution in [3.63, 3.8) is 0 Å². The molecule has 0 radical (unpaired) electrons. The third kappa shape index (κ3) is 4.54. The van der Waals surface area contributed by atoms with Crippen molar-refractivity contribution in [2.24, 2.45) is 0 Å². The van der Waals surface area contributed by atoms with Crippen LogP contribution in [-0.2, 0) is 12.2 Å². The van der Waals surface area contributed by atoms with Crippen LogP contribution < -0.4 is 9.47 Å². The van der Waals surface area contributed by atoms with E-state index >= 15 is 0 Å². The summed E-state index contributed by atoms with van der Waals surface area (Å²) in [7, 11) is 3.21. The van der Waals surface area contributed by atoms with E-state index in [2.05, 4.69) is 34.4 Å². The van der Waals surface area contributed by atoms with Gasteiger partial charge >= 0.3 is 0 Å². The second-order valence-electron chi connectivity index (χ2n) is 5.37. The van der Waals surface area contributed by atoms with Gasteiger partial charge < -0.3 is 14.0 Å². The summed E-state index contributed by atoms with van der Waals surface area (Å²) >= 11 is 1.85. The zero-order valence-corrected chi connectivity index (χ0v) is 15.1.